The van der Waals surface area contributed by atoms with E-state index in [1.165, 1.54) is 0 Å². The fourth-order valence-electron chi connectivity index (χ4n) is 1.76. The van der Waals surface area contributed by atoms with E-state index in [9.17, 15) is 0 Å². The molecule has 0 radical (unpaired) electrons. The summed E-state index contributed by atoms with van der Waals surface area (Å²) in [6.45, 7) is 1.40. The third-order valence-corrected chi connectivity index (χ3v) is 2.68. The van der Waals surface area contributed by atoms with Gasteiger partial charge in [-0.1, -0.05) is 18.2 Å². The molecule has 0 saturated carbocycles. The lowest BCUT2D eigenvalue weighted by Gasteiger charge is -2.17. The Labute approximate surface area is 111 Å². The summed E-state index contributed by atoms with van der Waals surface area (Å²) in [5.74, 6) is 0.948. The summed E-state index contributed by atoms with van der Waals surface area (Å²) < 4.78 is 5.57. The van der Waals surface area contributed by atoms with E-state index in [1.54, 1.807) is 0 Å². The lowest BCUT2D eigenvalue weighted by Crippen LogP contribution is -2.29. The average Bonchev–Trinajstić information content (AvgIpc) is 2.89. The Morgan fingerprint density at radius 2 is 1.68 bits per heavy atom. The van der Waals surface area contributed by atoms with Crippen molar-refractivity contribution in [1.29, 1.82) is 0 Å². The van der Waals surface area contributed by atoms with Crippen molar-refractivity contribution in [1.82, 2.24) is 15.1 Å². The summed E-state index contributed by atoms with van der Waals surface area (Å²) >= 11 is 0. The van der Waals surface area contributed by atoms with Crippen LogP contribution in [0.25, 0.3) is 11.5 Å². The molecule has 1 aromatic carbocycles. The highest BCUT2D eigenvalue weighted by Crippen LogP contribution is 2.17. The molecule has 1 heterocycles. The number of nitrogens with zero attached hydrogens (tertiary/aromatic N) is 3. The van der Waals surface area contributed by atoms with Gasteiger partial charge in [-0.05, 0) is 12.1 Å². The average molecular weight is 263 g/mol. The van der Waals surface area contributed by atoms with Crippen molar-refractivity contribution in [2.75, 3.05) is 26.3 Å². The minimum Gasteiger partial charge on any atom is -0.419 e. The van der Waals surface area contributed by atoms with Gasteiger partial charge >= 0.3 is 0 Å². The van der Waals surface area contributed by atoms with Crippen molar-refractivity contribution in [2.24, 2.45) is 0 Å². The summed E-state index contributed by atoms with van der Waals surface area (Å²) in [6, 6.07) is 9.53. The van der Waals surface area contributed by atoms with E-state index in [1.807, 2.05) is 35.2 Å². The van der Waals surface area contributed by atoms with Gasteiger partial charge in [-0.25, -0.2) is 0 Å². The summed E-state index contributed by atoms with van der Waals surface area (Å²) in [5, 5.41) is 25.8. The van der Waals surface area contributed by atoms with Gasteiger partial charge in [0.2, 0.25) is 11.8 Å². The van der Waals surface area contributed by atoms with Crippen LogP contribution >= 0.6 is 0 Å². The molecule has 19 heavy (non-hydrogen) atoms. The van der Waals surface area contributed by atoms with Gasteiger partial charge in [-0.2, -0.15) is 0 Å². The summed E-state index contributed by atoms with van der Waals surface area (Å²) in [5.41, 5.74) is 0.872. The molecule has 0 aliphatic carbocycles. The van der Waals surface area contributed by atoms with Crippen LogP contribution < -0.4 is 0 Å². The highest BCUT2D eigenvalue weighted by Gasteiger charge is 2.12. The smallest absolute Gasteiger partial charge is 0.247 e. The Bertz CT molecular complexity index is 481. The molecule has 0 spiro atoms. The maximum Gasteiger partial charge on any atom is 0.247 e. The zero-order chi connectivity index (χ0) is 13.5. The fourth-order valence-corrected chi connectivity index (χ4v) is 1.76. The molecule has 0 unspecified atom stereocenters. The van der Waals surface area contributed by atoms with Crippen LogP contribution in [-0.2, 0) is 6.54 Å². The predicted molar refractivity (Wildman–Crippen MR) is 69.2 cm³/mol. The van der Waals surface area contributed by atoms with Gasteiger partial charge in [0.25, 0.3) is 0 Å². The SMILES string of the molecule is OCCN(CCO)Cc1nnc(-c2ccccc2)o1. The lowest BCUT2D eigenvalue weighted by atomic mass is 10.2. The standard InChI is InChI=1S/C13H17N3O3/c17-8-6-16(7-9-18)10-12-14-15-13(19-12)11-4-2-1-3-5-11/h1-5,17-18H,6-10H2. The molecule has 0 saturated heterocycles. The predicted octanol–water partition coefficient (Wildman–Crippen LogP) is 0.523. The Balaban J connectivity index is 2.04. The molecule has 0 atom stereocenters. The first kappa shape index (κ1) is 13.7. The topological polar surface area (TPSA) is 82.6 Å². The van der Waals surface area contributed by atoms with Crippen molar-refractivity contribution in [2.45, 2.75) is 6.54 Å². The monoisotopic (exact) mass is 263 g/mol. The van der Waals surface area contributed by atoms with E-state index in [-0.39, 0.29) is 13.2 Å². The minimum absolute atomic E-state index is 0.0275. The van der Waals surface area contributed by atoms with E-state index in [4.69, 9.17) is 14.6 Å². The molecule has 0 aliphatic rings. The Kier molecular flexibility index (Phi) is 5.02. The second-order valence-corrected chi connectivity index (χ2v) is 4.09. The van der Waals surface area contributed by atoms with E-state index in [0.717, 1.165) is 5.56 Å². The molecule has 2 rings (SSSR count). The van der Waals surface area contributed by atoms with Crippen LogP contribution in [-0.4, -0.2) is 51.6 Å². The lowest BCUT2D eigenvalue weighted by molar-refractivity contribution is 0.147. The number of hydrogen-bond donors (Lipinski definition) is 2. The van der Waals surface area contributed by atoms with Crippen molar-refractivity contribution in [3.05, 3.63) is 36.2 Å². The first-order valence-corrected chi connectivity index (χ1v) is 6.15. The first-order chi connectivity index (χ1) is 9.33. The quantitative estimate of drug-likeness (QED) is 0.758. The summed E-state index contributed by atoms with van der Waals surface area (Å²) in [4.78, 5) is 1.85. The van der Waals surface area contributed by atoms with Crippen LogP contribution in [0.2, 0.25) is 0 Å². The highest BCUT2D eigenvalue weighted by molar-refractivity contribution is 5.51. The molecule has 0 aliphatic heterocycles. The number of aromatic nitrogens is 2. The molecule has 0 bridgehead atoms. The molecule has 0 amide bonds. The van der Waals surface area contributed by atoms with E-state index >= 15 is 0 Å². The van der Waals surface area contributed by atoms with E-state index < -0.39 is 0 Å². The molecule has 1 aromatic heterocycles. The van der Waals surface area contributed by atoms with Gasteiger partial charge in [0.15, 0.2) is 0 Å². The van der Waals surface area contributed by atoms with E-state index in [2.05, 4.69) is 10.2 Å². The van der Waals surface area contributed by atoms with Gasteiger partial charge in [0.1, 0.15) is 0 Å². The first-order valence-electron chi connectivity index (χ1n) is 6.15. The van der Waals surface area contributed by atoms with Crippen molar-refractivity contribution < 1.29 is 14.6 Å². The number of rotatable bonds is 7. The van der Waals surface area contributed by atoms with Crippen molar-refractivity contribution >= 4 is 0 Å². The molecular weight excluding hydrogens is 246 g/mol. The molecule has 2 N–H and O–H groups in total. The van der Waals surface area contributed by atoms with Crippen LogP contribution in [0.15, 0.2) is 34.7 Å². The van der Waals surface area contributed by atoms with Gasteiger partial charge in [0.05, 0.1) is 19.8 Å². The Hall–Kier alpha value is -1.76. The van der Waals surface area contributed by atoms with Gasteiger partial charge in [-0.3, -0.25) is 4.90 Å². The van der Waals surface area contributed by atoms with Crippen LogP contribution in [0.3, 0.4) is 0 Å². The third-order valence-electron chi connectivity index (χ3n) is 2.68. The van der Waals surface area contributed by atoms with Gasteiger partial charge in [0, 0.05) is 18.7 Å². The Morgan fingerprint density at radius 1 is 1.00 bits per heavy atom. The maximum absolute atomic E-state index is 8.93. The second kappa shape index (κ2) is 6.98. The normalized spacial score (nSPS) is 11.1. The largest absolute Gasteiger partial charge is 0.419 e. The van der Waals surface area contributed by atoms with Crippen molar-refractivity contribution in [3.63, 3.8) is 0 Å². The molecule has 0 fully saturated rings. The summed E-state index contributed by atoms with van der Waals surface area (Å²) in [6.07, 6.45) is 0. The number of aliphatic hydroxyl groups is 2. The van der Waals surface area contributed by atoms with Crippen molar-refractivity contribution in [3.8, 4) is 11.5 Å². The molecule has 6 nitrogen and oxygen atoms in total. The minimum atomic E-state index is 0.0275. The van der Waals surface area contributed by atoms with Crippen LogP contribution in [0.4, 0.5) is 0 Å². The van der Waals surface area contributed by atoms with Crippen LogP contribution in [0.1, 0.15) is 5.89 Å². The zero-order valence-electron chi connectivity index (χ0n) is 10.6. The zero-order valence-corrected chi connectivity index (χ0v) is 10.6. The molecule has 6 heteroatoms. The molecular formula is C13H17N3O3. The summed E-state index contributed by atoms with van der Waals surface area (Å²) in [7, 11) is 0. The number of aliphatic hydroxyl groups excluding tert-OH is 2. The van der Waals surface area contributed by atoms with Gasteiger partial charge in [-0.15, -0.1) is 10.2 Å². The molecule has 2 aromatic rings. The Morgan fingerprint density at radius 3 is 2.32 bits per heavy atom. The third kappa shape index (κ3) is 3.85. The van der Waals surface area contributed by atoms with E-state index in [0.29, 0.717) is 31.4 Å². The molecule has 102 valence electrons. The number of hydrogen-bond acceptors (Lipinski definition) is 6. The second-order valence-electron chi connectivity index (χ2n) is 4.09. The maximum atomic E-state index is 8.93. The number of benzene rings is 1. The van der Waals surface area contributed by atoms with Crippen LogP contribution in [0.5, 0.6) is 0 Å². The highest BCUT2D eigenvalue weighted by atomic mass is 16.4. The van der Waals surface area contributed by atoms with Crippen LogP contribution in [0, 0.1) is 0 Å². The van der Waals surface area contributed by atoms with Gasteiger partial charge < -0.3 is 14.6 Å². The fraction of sp³-hybridized carbons (Fsp3) is 0.385.